The van der Waals surface area contributed by atoms with Crippen molar-refractivity contribution in [1.82, 2.24) is 0 Å². The Morgan fingerprint density at radius 1 is 1.43 bits per heavy atom. The molecule has 0 spiro atoms. The third-order valence-corrected chi connectivity index (χ3v) is 4.90. The van der Waals surface area contributed by atoms with Crippen LogP contribution in [0.15, 0.2) is 0 Å². The SMILES string of the molecule is CC1Cc2c(sc(NC(=O)OC(C)(C)C)c2C#N)C(C)C1. The van der Waals surface area contributed by atoms with E-state index in [2.05, 4.69) is 25.2 Å². The molecule has 2 rings (SSSR count). The van der Waals surface area contributed by atoms with Gasteiger partial charge in [-0.25, -0.2) is 4.79 Å². The number of carbonyl (C=O) groups excluding carboxylic acids is 1. The lowest BCUT2D eigenvalue weighted by Gasteiger charge is -2.24. The molecule has 1 aromatic heterocycles. The van der Waals surface area contributed by atoms with Gasteiger partial charge in [0.05, 0.1) is 5.56 Å². The van der Waals surface area contributed by atoms with Gasteiger partial charge in [0, 0.05) is 4.88 Å². The van der Waals surface area contributed by atoms with E-state index < -0.39 is 11.7 Å². The Hall–Kier alpha value is -1.54. The van der Waals surface area contributed by atoms with Crippen LogP contribution < -0.4 is 5.32 Å². The molecule has 1 heterocycles. The van der Waals surface area contributed by atoms with E-state index in [0.29, 0.717) is 22.4 Å². The average molecular weight is 306 g/mol. The molecule has 1 amide bonds. The topological polar surface area (TPSA) is 62.1 Å². The fourth-order valence-corrected chi connectivity index (χ4v) is 4.06. The van der Waals surface area contributed by atoms with Gasteiger partial charge in [0.1, 0.15) is 16.7 Å². The first-order valence-electron chi connectivity index (χ1n) is 7.27. The molecule has 1 aliphatic carbocycles. The fraction of sp³-hybridized carbons (Fsp3) is 0.625. The lowest BCUT2D eigenvalue weighted by molar-refractivity contribution is 0.0636. The van der Waals surface area contributed by atoms with Crippen LogP contribution in [-0.4, -0.2) is 11.7 Å². The number of anilines is 1. The summed E-state index contributed by atoms with van der Waals surface area (Å²) in [7, 11) is 0. The smallest absolute Gasteiger partial charge is 0.412 e. The maximum atomic E-state index is 11.9. The van der Waals surface area contributed by atoms with Gasteiger partial charge >= 0.3 is 6.09 Å². The zero-order valence-corrected chi connectivity index (χ0v) is 14.1. The van der Waals surface area contributed by atoms with E-state index in [1.807, 2.05) is 20.8 Å². The minimum atomic E-state index is -0.546. The lowest BCUT2D eigenvalue weighted by Crippen LogP contribution is -2.27. The molecular formula is C16H22N2O2S. The fourth-order valence-electron chi connectivity index (χ4n) is 2.83. The van der Waals surface area contributed by atoms with E-state index in [9.17, 15) is 10.1 Å². The maximum absolute atomic E-state index is 11.9. The Bertz CT molecular complexity index is 593. The predicted molar refractivity (Wildman–Crippen MR) is 84.8 cm³/mol. The van der Waals surface area contributed by atoms with Gasteiger partial charge in [-0.2, -0.15) is 5.26 Å². The highest BCUT2D eigenvalue weighted by Crippen LogP contribution is 2.44. The molecule has 0 aromatic carbocycles. The van der Waals surface area contributed by atoms with Crippen LogP contribution >= 0.6 is 11.3 Å². The number of fused-ring (bicyclic) bond motifs is 1. The summed E-state index contributed by atoms with van der Waals surface area (Å²) in [6, 6.07) is 2.25. The number of amides is 1. The molecule has 1 N–H and O–H groups in total. The Labute approximate surface area is 130 Å². The zero-order valence-electron chi connectivity index (χ0n) is 13.2. The van der Waals surface area contributed by atoms with Crippen molar-refractivity contribution in [1.29, 1.82) is 5.26 Å². The number of carbonyl (C=O) groups is 1. The molecule has 0 fully saturated rings. The van der Waals surface area contributed by atoms with Crippen molar-refractivity contribution in [2.24, 2.45) is 5.92 Å². The molecule has 1 aliphatic rings. The summed E-state index contributed by atoms with van der Waals surface area (Å²) >= 11 is 1.52. The van der Waals surface area contributed by atoms with Gasteiger partial charge in [0.2, 0.25) is 0 Å². The van der Waals surface area contributed by atoms with Crippen LogP contribution in [0.2, 0.25) is 0 Å². The first kappa shape index (κ1) is 15.8. The monoisotopic (exact) mass is 306 g/mol. The summed E-state index contributed by atoms with van der Waals surface area (Å²) in [6.07, 6.45) is 1.54. The minimum Gasteiger partial charge on any atom is -0.444 e. The van der Waals surface area contributed by atoms with E-state index >= 15 is 0 Å². The standard InChI is InChI=1S/C16H22N2O2S/c1-9-6-10(2)13-11(7-9)12(8-17)14(21-13)18-15(19)20-16(3,4)5/h9-10H,6-7H2,1-5H3,(H,18,19). The number of ether oxygens (including phenoxy) is 1. The number of nitriles is 1. The summed E-state index contributed by atoms with van der Waals surface area (Å²) < 4.78 is 5.27. The van der Waals surface area contributed by atoms with Crippen LogP contribution in [-0.2, 0) is 11.2 Å². The van der Waals surface area contributed by atoms with Crippen molar-refractivity contribution in [3.8, 4) is 6.07 Å². The molecular weight excluding hydrogens is 284 g/mol. The van der Waals surface area contributed by atoms with E-state index in [0.717, 1.165) is 18.4 Å². The van der Waals surface area contributed by atoms with Crippen molar-refractivity contribution in [3.05, 3.63) is 16.0 Å². The van der Waals surface area contributed by atoms with Crippen LogP contribution in [0.4, 0.5) is 9.80 Å². The molecule has 114 valence electrons. The minimum absolute atomic E-state index is 0.440. The third-order valence-electron chi connectivity index (χ3n) is 3.52. The highest BCUT2D eigenvalue weighted by molar-refractivity contribution is 7.16. The molecule has 2 atom stereocenters. The number of thiophene rings is 1. The molecule has 21 heavy (non-hydrogen) atoms. The van der Waals surface area contributed by atoms with Crippen LogP contribution in [0.1, 0.15) is 63.0 Å². The molecule has 5 heteroatoms. The zero-order chi connectivity index (χ0) is 15.8. The van der Waals surface area contributed by atoms with Crippen LogP contribution in [0.3, 0.4) is 0 Å². The Balaban J connectivity index is 2.28. The second-order valence-electron chi connectivity index (χ2n) is 6.83. The van der Waals surface area contributed by atoms with Crippen molar-refractivity contribution in [2.75, 3.05) is 5.32 Å². The number of nitrogens with one attached hydrogen (secondary N) is 1. The van der Waals surface area contributed by atoms with Crippen LogP contribution in [0.25, 0.3) is 0 Å². The van der Waals surface area contributed by atoms with Gasteiger partial charge in [-0.1, -0.05) is 13.8 Å². The Morgan fingerprint density at radius 3 is 2.67 bits per heavy atom. The van der Waals surface area contributed by atoms with Gasteiger partial charge in [0.15, 0.2) is 0 Å². The molecule has 0 aliphatic heterocycles. The van der Waals surface area contributed by atoms with Crippen molar-refractivity contribution in [3.63, 3.8) is 0 Å². The first-order valence-corrected chi connectivity index (χ1v) is 8.08. The van der Waals surface area contributed by atoms with Gasteiger partial charge in [0.25, 0.3) is 0 Å². The first-order chi connectivity index (χ1) is 9.71. The normalized spacial score (nSPS) is 21.3. The summed E-state index contributed by atoms with van der Waals surface area (Å²) in [5, 5.41) is 12.8. The molecule has 0 bridgehead atoms. The number of hydrogen-bond acceptors (Lipinski definition) is 4. The number of nitrogens with zero attached hydrogens (tertiary/aromatic N) is 1. The van der Waals surface area contributed by atoms with Crippen molar-refractivity contribution >= 4 is 22.4 Å². The highest BCUT2D eigenvalue weighted by Gasteiger charge is 2.29. The van der Waals surface area contributed by atoms with E-state index in [4.69, 9.17) is 4.74 Å². The van der Waals surface area contributed by atoms with Crippen molar-refractivity contribution < 1.29 is 9.53 Å². The molecule has 4 nitrogen and oxygen atoms in total. The average Bonchev–Trinajstić information content (AvgIpc) is 2.64. The summed E-state index contributed by atoms with van der Waals surface area (Å²) in [6.45, 7) is 9.85. The largest absolute Gasteiger partial charge is 0.444 e. The number of rotatable bonds is 1. The molecule has 0 saturated heterocycles. The summed E-state index contributed by atoms with van der Waals surface area (Å²) in [5.41, 5.74) is 1.18. The molecule has 2 unspecified atom stereocenters. The Kier molecular flexibility index (Phi) is 4.29. The van der Waals surface area contributed by atoms with E-state index in [-0.39, 0.29) is 0 Å². The van der Waals surface area contributed by atoms with Gasteiger partial charge < -0.3 is 4.74 Å². The van der Waals surface area contributed by atoms with Crippen molar-refractivity contribution in [2.45, 2.75) is 59.0 Å². The van der Waals surface area contributed by atoms with Gasteiger partial charge in [-0.05, 0) is 51.0 Å². The van der Waals surface area contributed by atoms with E-state index in [1.165, 1.54) is 16.2 Å². The molecule has 0 saturated carbocycles. The molecule has 1 aromatic rings. The number of hydrogen-bond donors (Lipinski definition) is 1. The van der Waals surface area contributed by atoms with E-state index in [1.54, 1.807) is 0 Å². The second kappa shape index (κ2) is 5.69. The predicted octanol–water partition coefficient (Wildman–Crippen LogP) is 4.65. The quantitative estimate of drug-likeness (QED) is 0.821. The van der Waals surface area contributed by atoms with Gasteiger partial charge in [-0.3, -0.25) is 5.32 Å². The maximum Gasteiger partial charge on any atom is 0.412 e. The summed E-state index contributed by atoms with van der Waals surface area (Å²) in [5.74, 6) is 1.01. The lowest BCUT2D eigenvalue weighted by atomic mass is 9.82. The van der Waals surface area contributed by atoms with Gasteiger partial charge in [-0.15, -0.1) is 11.3 Å². The molecule has 0 radical (unpaired) electrons. The second-order valence-corrected chi connectivity index (χ2v) is 7.89. The van der Waals surface area contributed by atoms with Crippen LogP contribution in [0, 0.1) is 17.2 Å². The third kappa shape index (κ3) is 3.56. The Morgan fingerprint density at radius 2 is 2.10 bits per heavy atom. The summed E-state index contributed by atoms with van der Waals surface area (Å²) in [4.78, 5) is 13.2. The highest BCUT2D eigenvalue weighted by atomic mass is 32.1. The van der Waals surface area contributed by atoms with Crippen LogP contribution in [0.5, 0.6) is 0 Å².